The molecule has 0 radical (unpaired) electrons. The van der Waals surface area contributed by atoms with Crippen molar-refractivity contribution in [2.45, 2.75) is 25.2 Å². The number of methoxy groups -OCH3 is 1. The van der Waals surface area contributed by atoms with Gasteiger partial charge in [0.25, 0.3) is 5.91 Å². The summed E-state index contributed by atoms with van der Waals surface area (Å²) in [6, 6.07) is 17.6. The lowest BCUT2D eigenvalue weighted by atomic mass is 10.2. The molecular formula is C31H28F3N7O3. The summed E-state index contributed by atoms with van der Waals surface area (Å²) in [5, 5.41) is 14.9. The van der Waals surface area contributed by atoms with Crippen LogP contribution in [-0.2, 0) is 12.7 Å². The predicted molar refractivity (Wildman–Crippen MR) is 158 cm³/mol. The molecule has 0 spiro atoms. The molecule has 3 aromatic heterocycles. The van der Waals surface area contributed by atoms with Crippen LogP contribution in [0.15, 0.2) is 79.1 Å². The summed E-state index contributed by atoms with van der Waals surface area (Å²) < 4.78 is 52.4. The van der Waals surface area contributed by atoms with E-state index >= 15 is 0 Å². The zero-order chi connectivity index (χ0) is 30.7. The van der Waals surface area contributed by atoms with Gasteiger partial charge in [-0.3, -0.25) is 4.79 Å². The number of halogens is 3. The molecule has 1 unspecified atom stereocenters. The average Bonchev–Trinajstić information content (AvgIpc) is 3.66. The number of alkyl halides is 3. The number of nitrogens with one attached hydrogen (secondary N) is 3. The Labute approximate surface area is 250 Å². The maximum atomic E-state index is 13.0. The smallest absolute Gasteiger partial charge is 0.416 e. The Balaban J connectivity index is 1.24. The minimum absolute atomic E-state index is 0.194. The van der Waals surface area contributed by atoms with Crippen molar-refractivity contribution >= 4 is 28.6 Å². The van der Waals surface area contributed by atoms with E-state index in [4.69, 9.17) is 14.6 Å². The van der Waals surface area contributed by atoms with Gasteiger partial charge in [0.2, 0.25) is 0 Å². The van der Waals surface area contributed by atoms with Gasteiger partial charge < -0.3 is 25.4 Å². The van der Waals surface area contributed by atoms with Gasteiger partial charge in [0, 0.05) is 36.6 Å². The molecule has 5 aromatic rings. The number of hydrogen-bond donors (Lipinski definition) is 3. The third kappa shape index (κ3) is 6.42. The van der Waals surface area contributed by atoms with Gasteiger partial charge >= 0.3 is 6.18 Å². The van der Waals surface area contributed by atoms with Crippen molar-refractivity contribution in [1.29, 1.82) is 0 Å². The SMILES string of the molecule is COc1ccc(Cn2nc(NC3CCNC3)c3c(Oc4ccc(C(=O)Nc5cc(C(F)(F)F)ccn5)cc4)ccnc32)cc1. The minimum Gasteiger partial charge on any atom is -0.497 e. The van der Waals surface area contributed by atoms with Gasteiger partial charge in [-0.1, -0.05) is 12.1 Å². The Hall–Kier alpha value is -5.17. The molecule has 3 N–H and O–H groups in total. The van der Waals surface area contributed by atoms with Crippen molar-refractivity contribution in [3.63, 3.8) is 0 Å². The van der Waals surface area contributed by atoms with Gasteiger partial charge in [-0.15, -0.1) is 0 Å². The summed E-state index contributed by atoms with van der Waals surface area (Å²) in [4.78, 5) is 21.1. The lowest BCUT2D eigenvalue weighted by molar-refractivity contribution is -0.137. The number of anilines is 2. The van der Waals surface area contributed by atoms with Gasteiger partial charge in [-0.2, -0.15) is 18.3 Å². The fraction of sp³-hybridized carbons (Fsp3) is 0.226. The van der Waals surface area contributed by atoms with Crippen LogP contribution in [-0.4, -0.2) is 51.9 Å². The molecule has 1 aliphatic heterocycles. The zero-order valence-corrected chi connectivity index (χ0v) is 23.6. The molecule has 0 saturated carbocycles. The highest BCUT2D eigenvalue weighted by Gasteiger charge is 2.31. The zero-order valence-electron chi connectivity index (χ0n) is 23.6. The lowest BCUT2D eigenvalue weighted by Crippen LogP contribution is -2.22. The van der Waals surface area contributed by atoms with Crippen LogP contribution >= 0.6 is 0 Å². The highest BCUT2D eigenvalue weighted by molar-refractivity contribution is 6.03. The minimum atomic E-state index is -4.55. The molecule has 10 nitrogen and oxygen atoms in total. The second-order valence-corrected chi connectivity index (χ2v) is 10.2. The van der Waals surface area contributed by atoms with Gasteiger partial charge in [0.15, 0.2) is 11.5 Å². The van der Waals surface area contributed by atoms with Crippen molar-refractivity contribution in [3.05, 3.63) is 95.8 Å². The Morgan fingerprint density at radius 1 is 1.02 bits per heavy atom. The number of amides is 1. The van der Waals surface area contributed by atoms with E-state index in [2.05, 4.69) is 25.9 Å². The second kappa shape index (κ2) is 12.2. The first-order chi connectivity index (χ1) is 21.3. The van der Waals surface area contributed by atoms with E-state index in [0.717, 1.165) is 49.2 Å². The van der Waals surface area contributed by atoms with E-state index in [1.54, 1.807) is 31.5 Å². The summed E-state index contributed by atoms with van der Waals surface area (Å²) in [5.74, 6) is 1.58. The second-order valence-electron chi connectivity index (χ2n) is 10.2. The summed E-state index contributed by atoms with van der Waals surface area (Å²) in [5.41, 5.74) is 0.975. The van der Waals surface area contributed by atoms with E-state index in [0.29, 0.717) is 34.9 Å². The monoisotopic (exact) mass is 603 g/mol. The Bertz CT molecular complexity index is 1770. The van der Waals surface area contributed by atoms with Crippen molar-refractivity contribution in [2.24, 2.45) is 0 Å². The molecule has 44 heavy (non-hydrogen) atoms. The van der Waals surface area contributed by atoms with Gasteiger partial charge in [0.05, 0.1) is 19.2 Å². The third-order valence-electron chi connectivity index (χ3n) is 7.16. The summed E-state index contributed by atoms with van der Waals surface area (Å²) in [6.07, 6.45) is -0.955. The van der Waals surface area contributed by atoms with Crippen molar-refractivity contribution in [1.82, 2.24) is 25.1 Å². The number of pyridine rings is 2. The van der Waals surface area contributed by atoms with Crippen LogP contribution in [0.1, 0.15) is 27.9 Å². The Kier molecular flexibility index (Phi) is 8.03. The number of carbonyl (C=O) groups excluding carboxylic acids is 1. The fourth-order valence-corrected chi connectivity index (χ4v) is 4.91. The van der Waals surface area contributed by atoms with E-state index in [9.17, 15) is 18.0 Å². The van der Waals surface area contributed by atoms with Gasteiger partial charge in [-0.25, -0.2) is 14.6 Å². The molecule has 1 amide bonds. The normalized spacial score (nSPS) is 14.9. The first-order valence-electron chi connectivity index (χ1n) is 13.8. The van der Waals surface area contributed by atoms with E-state index < -0.39 is 17.6 Å². The first-order valence-corrected chi connectivity index (χ1v) is 13.8. The highest BCUT2D eigenvalue weighted by Crippen LogP contribution is 2.35. The van der Waals surface area contributed by atoms with Crippen LogP contribution in [0.25, 0.3) is 11.0 Å². The maximum Gasteiger partial charge on any atom is 0.416 e. The number of fused-ring (bicyclic) bond motifs is 1. The van der Waals surface area contributed by atoms with Crippen LogP contribution in [0.4, 0.5) is 24.8 Å². The van der Waals surface area contributed by atoms with E-state index in [1.165, 1.54) is 12.1 Å². The topological polar surface area (TPSA) is 115 Å². The van der Waals surface area contributed by atoms with Crippen LogP contribution < -0.4 is 25.4 Å². The predicted octanol–water partition coefficient (Wildman–Crippen LogP) is 5.72. The molecule has 1 saturated heterocycles. The maximum absolute atomic E-state index is 13.0. The molecule has 13 heteroatoms. The number of rotatable bonds is 9. The Morgan fingerprint density at radius 3 is 2.48 bits per heavy atom. The fourth-order valence-electron chi connectivity index (χ4n) is 4.91. The van der Waals surface area contributed by atoms with Crippen LogP contribution in [0, 0.1) is 0 Å². The molecule has 4 heterocycles. The molecule has 2 aromatic carbocycles. The first kappa shape index (κ1) is 28.9. The van der Waals surface area contributed by atoms with Crippen molar-refractivity contribution < 1.29 is 27.4 Å². The van der Waals surface area contributed by atoms with Gasteiger partial charge in [-0.05, 0) is 67.1 Å². The van der Waals surface area contributed by atoms with Crippen molar-refractivity contribution in [3.8, 4) is 17.2 Å². The quantitative estimate of drug-likeness (QED) is 0.196. The van der Waals surface area contributed by atoms with Crippen LogP contribution in [0.2, 0.25) is 0 Å². The molecule has 1 fully saturated rings. The van der Waals surface area contributed by atoms with E-state index in [-0.39, 0.29) is 17.4 Å². The Morgan fingerprint density at radius 2 is 1.77 bits per heavy atom. The number of ether oxygens (including phenoxy) is 2. The largest absolute Gasteiger partial charge is 0.497 e. The summed E-state index contributed by atoms with van der Waals surface area (Å²) in [6.45, 7) is 2.20. The lowest BCUT2D eigenvalue weighted by Gasteiger charge is -2.12. The van der Waals surface area contributed by atoms with Gasteiger partial charge in [0.1, 0.15) is 28.5 Å². The van der Waals surface area contributed by atoms with Crippen LogP contribution in [0.3, 0.4) is 0 Å². The standard InChI is InChI=1S/C31H28F3N7O3/c1-43-23-6-2-19(3-7-23)18-41-29-27(28(40-41)38-22-11-13-35-17-22)25(12-15-37-29)44-24-8-4-20(5-9-24)30(42)39-26-16-21(10-14-36-26)31(32,33)34/h2-10,12,14-16,22,35H,11,13,17-18H2,1H3,(H,38,40)(H,36,39,42). The number of hydrogen-bond acceptors (Lipinski definition) is 8. The third-order valence-corrected chi connectivity index (χ3v) is 7.16. The number of benzene rings is 2. The molecule has 0 bridgehead atoms. The molecular weight excluding hydrogens is 575 g/mol. The molecule has 1 atom stereocenters. The molecule has 6 rings (SSSR count). The van der Waals surface area contributed by atoms with Crippen LogP contribution in [0.5, 0.6) is 17.2 Å². The number of nitrogens with zero attached hydrogens (tertiary/aromatic N) is 4. The molecule has 0 aliphatic carbocycles. The molecule has 1 aliphatic rings. The number of carbonyl (C=O) groups is 1. The molecule has 226 valence electrons. The number of aromatic nitrogens is 4. The summed E-state index contributed by atoms with van der Waals surface area (Å²) in [7, 11) is 1.62. The summed E-state index contributed by atoms with van der Waals surface area (Å²) >= 11 is 0. The average molecular weight is 604 g/mol. The highest BCUT2D eigenvalue weighted by atomic mass is 19.4. The van der Waals surface area contributed by atoms with Crippen molar-refractivity contribution in [2.75, 3.05) is 30.8 Å². The van der Waals surface area contributed by atoms with E-state index in [1.807, 2.05) is 28.9 Å².